The van der Waals surface area contributed by atoms with Gasteiger partial charge in [0.15, 0.2) is 0 Å². The number of thioether (sulfide) groups is 1. The molecule has 0 bridgehead atoms. The van der Waals surface area contributed by atoms with Crippen molar-refractivity contribution in [2.75, 3.05) is 11.5 Å². The van der Waals surface area contributed by atoms with Crippen molar-refractivity contribution in [2.24, 2.45) is 0 Å². The molecule has 1 aromatic carbocycles. The van der Waals surface area contributed by atoms with Crippen molar-refractivity contribution in [3.63, 3.8) is 0 Å². The molecule has 0 heterocycles. The minimum Gasteiger partial charge on any atom is -0.388 e. The lowest BCUT2D eigenvalue weighted by atomic mass is 10.0. The van der Waals surface area contributed by atoms with Crippen molar-refractivity contribution in [2.45, 2.75) is 26.9 Å². The van der Waals surface area contributed by atoms with Gasteiger partial charge in [-0.2, -0.15) is 11.8 Å². The zero-order chi connectivity index (χ0) is 10.6. The van der Waals surface area contributed by atoms with E-state index < -0.39 is 0 Å². The van der Waals surface area contributed by atoms with E-state index in [-0.39, 0.29) is 6.10 Å². The molecular formula is C12H18OS. The van der Waals surface area contributed by atoms with Gasteiger partial charge >= 0.3 is 0 Å². The van der Waals surface area contributed by atoms with Gasteiger partial charge in [-0.1, -0.05) is 30.7 Å². The van der Waals surface area contributed by atoms with Gasteiger partial charge in [0, 0.05) is 5.75 Å². The molecule has 0 fully saturated rings. The Hall–Kier alpha value is -0.470. The van der Waals surface area contributed by atoms with Gasteiger partial charge in [-0.15, -0.1) is 0 Å². The van der Waals surface area contributed by atoms with Crippen molar-refractivity contribution in [1.82, 2.24) is 0 Å². The highest BCUT2D eigenvalue weighted by molar-refractivity contribution is 7.99. The third kappa shape index (κ3) is 3.03. The minimum absolute atomic E-state index is 0.320. The van der Waals surface area contributed by atoms with Gasteiger partial charge in [-0.05, 0) is 30.7 Å². The SMILES string of the molecule is CCSCC(O)c1cc(C)ccc1C. The summed E-state index contributed by atoms with van der Waals surface area (Å²) in [6.07, 6.45) is -0.320. The van der Waals surface area contributed by atoms with Crippen LogP contribution in [0.15, 0.2) is 18.2 Å². The lowest BCUT2D eigenvalue weighted by molar-refractivity contribution is 0.203. The normalized spacial score (nSPS) is 12.9. The Kier molecular flexibility index (Phi) is 4.49. The number of benzene rings is 1. The van der Waals surface area contributed by atoms with Gasteiger partial charge in [0.25, 0.3) is 0 Å². The van der Waals surface area contributed by atoms with Crippen molar-refractivity contribution in [3.8, 4) is 0 Å². The van der Waals surface area contributed by atoms with E-state index >= 15 is 0 Å². The first-order valence-electron chi connectivity index (χ1n) is 4.98. The summed E-state index contributed by atoms with van der Waals surface area (Å²) in [5.41, 5.74) is 3.47. The zero-order valence-electron chi connectivity index (χ0n) is 9.08. The summed E-state index contributed by atoms with van der Waals surface area (Å²) < 4.78 is 0. The van der Waals surface area contributed by atoms with Gasteiger partial charge in [-0.3, -0.25) is 0 Å². The van der Waals surface area contributed by atoms with E-state index in [4.69, 9.17) is 0 Å². The van der Waals surface area contributed by atoms with Crippen LogP contribution >= 0.6 is 11.8 Å². The molecule has 0 amide bonds. The van der Waals surface area contributed by atoms with Gasteiger partial charge in [-0.25, -0.2) is 0 Å². The molecule has 0 aromatic heterocycles. The average molecular weight is 210 g/mol. The second kappa shape index (κ2) is 5.42. The largest absolute Gasteiger partial charge is 0.388 e. The molecule has 0 saturated heterocycles. The number of hydrogen-bond acceptors (Lipinski definition) is 2. The summed E-state index contributed by atoms with van der Waals surface area (Å²) >= 11 is 1.78. The molecule has 78 valence electrons. The molecule has 1 rings (SSSR count). The molecule has 1 nitrogen and oxygen atoms in total. The monoisotopic (exact) mass is 210 g/mol. The Balaban J connectivity index is 2.77. The molecule has 0 aliphatic rings. The summed E-state index contributed by atoms with van der Waals surface area (Å²) in [4.78, 5) is 0. The topological polar surface area (TPSA) is 20.2 Å². The van der Waals surface area contributed by atoms with Crippen LogP contribution in [0.5, 0.6) is 0 Å². The Labute approximate surface area is 90.5 Å². The van der Waals surface area contributed by atoms with Crippen LogP contribution in [-0.4, -0.2) is 16.6 Å². The molecule has 1 aromatic rings. The maximum absolute atomic E-state index is 9.94. The average Bonchev–Trinajstić information content (AvgIpc) is 2.18. The van der Waals surface area contributed by atoms with E-state index in [1.54, 1.807) is 11.8 Å². The van der Waals surface area contributed by atoms with Crippen LogP contribution in [0, 0.1) is 13.8 Å². The predicted octanol–water partition coefficient (Wildman–Crippen LogP) is 3.09. The number of aryl methyl sites for hydroxylation is 2. The van der Waals surface area contributed by atoms with Crippen LogP contribution in [0.3, 0.4) is 0 Å². The van der Waals surface area contributed by atoms with Crippen molar-refractivity contribution in [3.05, 3.63) is 34.9 Å². The molecule has 0 saturated carbocycles. The summed E-state index contributed by atoms with van der Waals surface area (Å²) in [5.74, 6) is 1.85. The standard InChI is InChI=1S/C12H18OS/c1-4-14-8-12(13)11-7-9(2)5-6-10(11)3/h5-7,12-13H,4,8H2,1-3H3. The fraction of sp³-hybridized carbons (Fsp3) is 0.500. The quantitative estimate of drug-likeness (QED) is 0.824. The predicted molar refractivity (Wildman–Crippen MR) is 63.9 cm³/mol. The Morgan fingerprint density at radius 2 is 2.07 bits per heavy atom. The van der Waals surface area contributed by atoms with Crippen LogP contribution < -0.4 is 0 Å². The number of hydrogen-bond donors (Lipinski definition) is 1. The van der Waals surface area contributed by atoms with E-state index in [9.17, 15) is 5.11 Å². The molecule has 0 radical (unpaired) electrons. The van der Waals surface area contributed by atoms with E-state index in [1.807, 2.05) is 0 Å². The molecule has 2 heteroatoms. The highest BCUT2D eigenvalue weighted by Crippen LogP contribution is 2.22. The Morgan fingerprint density at radius 1 is 1.36 bits per heavy atom. The lowest BCUT2D eigenvalue weighted by Gasteiger charge is -2.13. The van der Waals surface area contributed by atoms with E-state index in [0.717, 1.165) is 17.1 Å². The molecule has 14 heavy (non-hydrogen) atoms. The molecule has 0 aliphatic carbocycles. The fourth-order valence-corrected chi connectivity index (χ4v) is 2.08. The molecule has 1 atom stereocenters. The first-order chi connectivity index (χ1) is 6.65. The summed E-state index contributed by atoms with van der Waals surface area (Å²) in [6, 6.07) is 6.24. The van der Waals surface area contributed by atoms with Crippen LogP contribution in [0.1, 0.15) is 29.7 Å². The van der Waals surface area contributed by atoms with E-state index in [2.05, 4.69) is 39.0 Å². The smallest absolute Gasteiger partial charge is 0.0883 e. The van der Waals surface area contributed by atoms with Crippen LogP contribution in [0.4, 0.5) is 0 Å². The Bertz CT molecular complexity index is 296. The zero-order valence-corrected chi connectivity index (χ0v) is 9.90. The van der Waals surface area contributed by atoms with Crippen LogP contribution in [0.2, 0.25) is 0 Å². The number of aliphatic hydroxyl groups is 1. The molecular weight excluding hydrogens is 192 g/mol. The highest BCUT2D eigenvalue weighted by atomic mass is 32.2. The highest BCUT2D eigenvalue weighted by Gasteiger charge is 2.09. The van der Waals surface area contributed by atoms with Crippen molar-refractivity contribution < 1.29 is 5.11 Å². The van der Waals surface area contributed by atoms with E-state index in [1.165, 1.54) is 11.1 Å². The molecule has 0 aliphatic heterocycles. The molecule has 1 N–H and O–H groups in total. The molecule has 0 spiro atoms. The number of rotatable bonds is 4. The van der Waals surface area contributed by atoms with Gasteiger partial charge in [0.05, 0.1) is 6.10 Å². The van der Waals surface area contributed by atoms with Gasteiger partial charge in [0.2, 0.25) is 0 Å². The number of aliphatic hydroxyl groups excluding tert-OH is 1. The first kappa shape index (κ1) is 11.6. The second-order valence-electron chi connectivity index (χ2n) is 3.54. The van der Waals surface area contributed by atoms with E-state index in [0.29, 0.717) is 0 Å². The lowest BCUT2D eigenvalue weighted by Crippen LogP contribution is -2.03. The van der Waals surface area contributed by atoms with Gasteiger partial charge in [0.1, 0.15) is 0 Å². The maximum Gasteiger partial charge on any atom is 0.0883 e. The maximum atomic E-state index is 9.94. The Morgan fingerprint density at radius 3 is 2.71 bits per heavy atom. The van der Waals surface area contributed by atoms with Crippen LogP contribution in [-0.2, 0) is 0 Å². The van der Waals surface area contributed by atoms with Crippen LogP contribution in [0.25, 0.3) is 0 Å². The fourth-order valence-electron chi connectivity index (χ4n) is 1.44. The third-order valence-electron chi connectivity index (χ3n) is 2.27. The van der Waals surface area contributed by atoms with Crippen molar-refractivity contribution in [1.29, 1.82) is 0 Å². The molecule has 1 unspecified atom stereocenters. The van der Waals surface area contributed by atoms with Gasteiger partial charge < -0.3 is 5.11 Å². The second-order valence-corrected chi connectivity index (χ2v) is 4.85. The first-order valence-corrected chi connectivity index (χ1v) is 6.13. The summed E-state index contributed by atoms with van der Waals surface area (Å²) in [7, 11) is 0. The summed E-state index contributed by atoms with van der Waals surface area (Å²) in [5, 5.41) is 9.94. The minimum atomic E-state index is -0.320. The third-order valence-corrected chi connectivity index (χ3v) is 3.23. The summed E-state index contributed by atoms with van der Waals surface area (Å²) in [6.45, 7) is 6.22. The van der Waals surface area contributed by atoms with Crippen molar-refractivity contribution >= 4 is 11.8 Å².